The lowest BCUT2D eigenvalue weighted by Crippen LogP contribution is -2.48. The summed E-state index contributed by atoms with van der Waals surface area (Å²) in [6, 6.07) is 7.08. The van der Waals surface area contributed by atoms with Gasteiger partial charge in [-0.2, -0.15) is 4.31 Å². The van der Waals surface area contributed by atoms with Gasteiger partial charge in [0.25, 0.3) is 5.56 Å². The van der Waals surface area contributed by atoms with Gasteiger partial charge in [-0.15, -0.1) is 0 Å². The largest absolute Gasteiger partial charge is 0.309 e. The van der Waals surface area contributed by atoms with Crippen molar-refractivity contribution in [1.29, 1.82) is 0 Å². The molecule has 4 rings (SSSR count). The highest BCUT2D eigenvalue weighted by Crippen LogP contribution is 2.29. The van der Waals surface area contributed by atoms with Gasteiger partial charge < -0.3 is 4.98 Å². The molecule has 1 fully saturated rings. The van der Waals surface area contributed by atoms with E-state index in [1.54, 1.807) is 22.5 Å². The van der Waals surface area contributed by atoms with Crippen LogP contribution in [0.4, 0.5) is 0 Å². The molecule has 9 heteroatoms. The molecule has 32 heavy (non-hydrogen) atoms. The third-order valence-corrected chi connectivity index (χ3v) is 8.72. The van der Waals surface area contributed by atoms with Crippen LogP contribution in [0, 0.1) is 27.7 Å². The van der Waals surface area contributed by atoms with Crippen LogP contribution in [0.2, 0.25) is 5.02 Å². The van der Waals surface area contributed by atoms with Crippen molar-refractivity contribution in [2.75, 3.05) is 26.2 Å². The molecule has 0 saturated carbocycles. The highest BCUT2D eigenvalue weighted by Gasteiger charge is 2.32. The highest BCUT2D eigenvalue weighted by molar-refractivity contribution is 7.89. The normalized spacial score (nSPS) is 16.0. The molecule has 1 N–H and O–H groups in total. The van der Waals surface area contributed by atoms with Crippen LogP contribution in [-0.4, -0.2) is 53.8 Å². The number of nitrogens with zero attached hydrogens (tertiary/aromatic N) is 3. The van der Waals surface area contributed by atoms with Gasteiger partial charge in [-0.3, -0.25) is 9.69 Å². The molecular weight excluding hydrogens is 448 g/mol. The Morgan fingerprint density at radius 2 is 1.62 bits per heavy atom. The number of piperazine rings is 1. The number of nitrogens with one attached hydrogen (secondary N) is 1. The van der Waals surface area contributed by atoms with Gasteiger partial charge in [-0.1, -0.05) is 17.7 Å². The van der Waals surface area contributed by atoms with E-state index in [4.69, 9.17) is 11.6 Å². The van der Waals surface area contributed by atoms with E-state index >= 15 is 0 Å². The van der Waals surface area contributed by atoms with E-state index in [-0.39, 0.29) is 5.56 Å². The Balaban J connectivity index is 1.51. The monoisotopic (exact) mass is 474 g/mol. The number of aryl methyl sites for hydroxylation is 2. The average molecular weight is 475 g/mol. The molecule has 2 aromatic carbocycles. The molecule has 0 radical (unpaired) electrons. The average Bonchev–Trinajstić information content (AvgIpc) is 2.73. The highest BCUT2D eigenvalue weighted by atomic mass is 35.5. The standard InChI is InChI=1S/C23H27ClN4O3S/c1-14-11-15(2)17(4)22(16(14)3)32(30,31)28-9-7-27(8-10-28)13-21-25-20-6-5-18(24)12-19(20)23(29)26-21/h5-6,11-12H,7-10,13H2,1-4H3,(H,25,26,29). The third-order valence-electron chi connectivity index (χ3n) is 6.32. The molecule has 1 aliphatic rings. The van der Waals surface area contributed by atoms with Gasteiger partial charge in [0.2, 0.25) is 10.0 Å². The van der Waals surface area contributed by atoms with Crippen molar-refractivity contribution >= 4 is 32.5 Å². The zero-order valence-electron chi connectivity index (χ0n) is 18.7. The van der Waals surface area contributed by atoms with Crippen molar-refractivity contribution in [2.24, 2.45) is 0 Å². The van der Waals surface area contributed by atoms with E-state index in [0.29, 0.717) is 59.4 Å². The molecule has 0 spiro atoms. The molecule has 0 unspecified atom stereocenters. The SMILES string of the molecule is Cc1cc(C)c(C)c(S(=O)(=O)N2CCN(Cc3nc4ccc(Cl)cc4c(=O)[nH]3)CC2)c1C. The number of halogens is 1. The van der Waals surface area contributed by atoms with Gasteiger partial charge in [-0.05, 0) is 68.1 Å². The van der Waals surface area contributed by atoms with Gasteiger partial charge >= 0.3 is 0 Å². The molecule has 170 valence electrons. The van der Waals surface area contributed by atoms with E-state index < -0.39 is 10.0 Å². The van der Waals surface area contributed by atoms with Crippen LogP contribution in [0.3, 0.4) is 0 Å². The quantitative estimate of drug-likeness (QED) is 0.626. The Morgan fingerprint density at radius 1 is 1.00 bits per heavy atom. The fourth-order valence-corrected chi connectivity index (χ4v) is 6.44. The molecule has 0 bridgehead atoms. The van der Waals surface area contributed by atoms with Crippen LogP contribution < -0.4 is 5.56 Å². The molecule has 1 saturated heterocycles. The summed E-state index contributed by atoms with van der Waals surface area (Å²) in [6.07, 6.45) is 0. The maximum atomic E-state index is 13.5. The number of rotatable bonds is 4. The number of aromatic amines is 1. The van der Waals surface area contributed by atoms with E-state index in [1.807, 2.05) is 33.8 Å². The third kappa shape index (κ3) is 4.20. The van der Waals surface area contributed by atoms with Crippen LogP contribution in [0.1, 0.15) is 28.1 Å². The number of hydrogen-bond acceptors (Lipinski definition) is 5. The van der Waals surface area contributed by atoms with Crippen molar-refractivity contribution in [3.63, 3.8) is 0 Å². The lowest BCUT2D eigenvalue weighted by molar-refractivity contribution is 0.178. The number of fused-ring (bicyclic) bond motifs is 1. The Morgan fingerprint density at radius 3 is 2.25 bits per heavy atom. The first-order valence-electron chi connectivity index (χ1n) is 10.6. The summed E-state index contributed by atoms with van der Waals surface area (Å²) in [5.41, 5.74) is 3.96. The molecule has 1 aliphatic heterocycles. The summed E-state index contributed by atoms with van der Waals surface area (Å²) < 4.78 is 28.5. The molecule has 0 aliphatic carbocycles. The first-order chi connectivity index (χ1) is 15.1. The molecular formula is C23H27ClN4O3S. The predicted molar refractivity (Wildman–Crippen MR) is 127 cm³/mol. The van der Waals surface area contributed by atoms with Crippen LogP contribution in [0.15, 0.2) is 34.0 Å². The Bertz CT molecular complexity index is 1330. The number of hydrogen-bond donors (Lipinski definition) is 1. The first kappa shape index (κ1) is 22.9. The second kappa shape index (κ2) is 8.59. The molecule has 1 aromatic heterocycles. The minimum Gasteiger partial charge on any atom is -0.309 e. The Labute approximate surface area is 193 Å². The summed E-state index contributed by atoms with van der Waals surface area (Å²) in [4.78, 5) is 22.3. The van der Waals surface area contributed by atoms with Gasteiger partial charge in [0.15, 0.2) is 0 Å². The minimum absolute atomic E-state index is 0.227. The zero-order valence-corrected chi connectivity index (χ0v) is 20.3. The van der Waals surface area contributed by atoms with Crippen molar-refractivity contribution in [1.82, 2.24) is 19.2 Å². The van der Waals surface area contributed by atoms with Crippen molar-refractivity contribution in [2.45, 2.75) is 39.1 Å². The zero-order chi connectivity index (χ0) is 23.2. The maximum Gasteiger partial charge on any atom is 0.258 e. The predicted octanol–water partition coefficient (Wildman–Crippen LogP) is 3.32. The summed E-state index contributed by atoms with van der Waals surface area (Å²) in [5.74, 6) is 0.558. The molecule has 7 nitrogen and oxygen atoms in total. The van der Waals surface area contributed by atoms with Gasteiger partial charge in [0, 0.05) is 31.2 Å². The first-order valence-corrected chi connectivity index (χ1v) is 12.4. The molecule has 3 aromatic rings. The fraction of sp³-hybridized carbons (Fsp3) is 0.391. The fourth-order valence-electron chi connectivity index (χ4n) is 4.27. The smallest absolute Gasteiger partial charge is 0.258 e. The van der Waals surface area contributed by atoms with E-state index in [9.17, 15) is 13.2 Å². The molecule has 0 atom stereocenters. The lowest BCUT2D eigenvalue weighted by Gasteiger charge is -2.34. The van der Waals surface area contributed by atoms with Gasteiger partial charge in [0.1, 0.15) is 5.82 Å². The van der Waals surface area contributed by atoms with Crippen LogP contribution in [0.25, 0.3) is 10.9 Å². The number of sulfonamides is 1. The van der Waals surface area contributed by atoms with Crippen LogP contribution in [-0.2, 0) is 16.6 Å². The summed E-state index contributed by atoms with van der Waals surface area (Å²) in [7, 11) is -3.58. The maximum absolute atomic E-state index is 13.5. The summed E-state index contributed by atoms with van der Waals surface area (Å²) in [5, 5.41) is 0.945. The van der Waals surface area contributed by atoms with Crippen molar-refractivity contribution in [3.05, 3.63) is 67.7 Å². The van der Waals surface area contributed by atoms with Gasteiger partial charge in [-0.25, -0.2) is 13.4 Å². The second-order valence-electron chi connectivity index (χ2n) is 8.44. The van der Waals surface area contributed by atoms with E-state index in [0.717, 1.165) is 22.3 Å². The van der Waals surface area contributed by atoms with Crippen molar-refractivity contribution in [3.8, 4) is 0 Å². The lowest BCUT2D eigenvalue weighted by atomic mass is 10.0. The minimum atomic E-state index is -3.58. The Hall–Kier alpha value is -2.26. The van der Waals surface area contributed by atoms with Crippen LogP contribution >= 0.6 is 11.6 Å². The number of aromatic nitrogens is 2. The summed E-state index contributed by atoms with van der Waals surface area (Å²) >= 11 is 5.97. The molecule has 0 amide bonds. The second-order valence-corrected chi connectivity index (χ2v) is 10.8. The Kier molecular flexibility index (Phi) is 6.15. The topological polar surface area (TPSA) is 86.4 Å². The van der Waals surface area contributed by atoms with Crippen molar-refractivity contribution < 1.29 is 8.42 Å². The number of benzene rings is 2. The van der Waals surface area contributed by atoms with E-state index in [2.05, 4.69) is 14.9 Å². The van der Waals surface area contributed by atoms with Gasteiger partial charge in [0.05, 0.1) is 22.3 Å². The molecule has 2 heterocycles. The van der Waals surface area contributed by atoms with E-state index in [1.165, 1.54) is 0 Å². The number of H-pyrrole nitrogens is 1. The van der Waals surface area contributed by atoms with Crippen LogP contribution in [0.5, 0.6) is 0 Å². The summed E-state index contributed by atoms with van der Waals surface area (Å²) in [6.45, 7) is 10.00.